The van der Waals surface area contributed by atoms with Gasteiger partial charge in [0.05, 0.1) is 11.5 Å². The largest absolute Gasteiger partial charge is 0.296 e. The van der Waals surface area contributed by atoms with E-state index in [9.17, 15) is 8.42 Å². The fourth-order valence-corrected chi connectivity index (χ4v) is 1.89. The van der Waals surface area contributed by atoms with E-state index in [1.54, 1.807) is 19.1 Å². The predicted molar refractivity (Wildman–Crippen MR) is 63.7 cm³/mol. The molecule has 0 N–H and O–H groups in total. The van der Waals surface area contributed by atoms with E-state index >= 15 is 0 Å². The number of aryl methyl sites for hydroxylation is 1. The van der Waals surface area contributed by atoms with Crippen LogP contribution in [-0.4, -0.2) is 15.0 Å². The molecule has 0 aliphatic heterocycles. The lowest BCUT2D eigenvalue weighted by atomic mass is 10.2. The monoisotopic (exact) mass is 241 g/mol. The van der Waals surface area contributed by atoms with Gasteiger partial charge in [-0.15, -0.1) is 6.58 Å². The minimum absolute atomic E-state index is 0.108. The smallest absolute Gasteiger partial charge is 0.266 e. The minimum Gasteiger partial charge on any atom is -0.266 e. The second-order valence-electron chi connectivity index (χ2n) is 3.60. The zero-order chi connectivity index (χ0) is 13.1. The molecule has 0 aromatic heterocycles. The average Bonchev–Trinajstić information content (AvgIpc) is 2.26. The second kappa shape index (κ2) is 5.27. The molecule has 3 nitrogen and oxygen atoms in total. The van der Waals surface area contributed by atoms with Gasteiger partial charge in [-0.2, -0.15) is 8.42 Å². The summed E-state index contributed by atoms with van der Waals surface area (Å²) in [5, 5.41) is 0. The van der Waals surface area contributed by atoms with Gasteiger partial charge in [-0.25, -0.2) is 0 Å². The molecule has 0 unspecified atom stereocenters. The molecular formula is C12H16O3S. The van der Waals surface area contributed by atoms with Gasteiger partial charge in [-0.3, -0.25) is 4.18 Å². The van der Waals surface area contributed by atoms with Gasteiger partial charge in [0.1, 0.15) is 0 Å². The Balaban J connectivity index is 2.76. The molecule has 4 heteroatoms. The number of rotatable bonds is 5. The molecule has 1 atom stereocenters. The Morgan fingerprint density at radius 3 is 2.50 bits per heavy atom. The maximum Gasteiger partial charge on any atom is 0.296 e. The highest BCUT2D eigenvalue weighted by Gasteiger charge is 2.14. The molecule has 16 heavy (non-hydrogen) atoms. The Morgan fingerprint density at radius 2 is 2.00 bits per heavy atom. The van der Waals surface area contributed by atoms with Crippen LogP contribution in [0.15, 0.2) is 41.3 Å². The van der Waals surface area contributed by atoms with Crippen molar-refractivity contribution < 1.29 is 14.0 Å². The highest BCUT2D eigenvalue weighted by Crippen LogP contribution is 2.13. The van der Waals surface area contributed by atoms with E-state index in [-0.39, 0.29) is 11.5 Å². The maximum atomic E-state index is 11.7. The average molecular weight is 241 g/mol. The lowest BCUT2D eigenvalue weighted by Crippen LogP contribution is -2.07. The third kappa shape index (κ3) is 3.79. The van der Waals surface area contributed by atoms with Crippen LogP contribution in [0.3, 0.4) is 0 Å². The Hall–Kier alpha value is -1.13. The van der Waals surface area contributed by atoms with Crippen molar-refractivity contribution in [3.05, 3.63) is 42.0 Å². The van der Waals surface area contributed by atoms with Crippen molar-refractivity contribution in [1.29, 1.82) is 0 Å². The lowest BCUT2D eigenvalue weighted by Gasteiger charge is -2.05. The van der Waals surface area contributed by atoms with Crippen LogP contribution in [0, 0.1) is 6.92 Å². The maximum absolute atomic E-state index is 11.7. The molecule has 0 saturated carbocycles. The van der Waals surface area contributed by atoms with E-state index in [1.807, 2.05) is 6.92 Å². The van der Waals surface area contributed by atoms with E-state index < -0.39 is 16.5 Å². The van der Waals surface area contributed by atoms with Crippen LogP contribution < -0.4 is 0 Å². The highest BCUT2D eigenvalue weighted by molar-refractivity contribution is 7.86. The zero-order valence-corrected chi connectivity index (χ0v) is 10.3. The summed E-state index contributed by atoms with van der Waals surface area (Å²) < 4.78 is 35.8. The summed E-state index contributed by atoms with van der Waals surface area (Å²) >= 11 is 0. The van der Waals surface area contributed by atoms with Crippen molar-refractivity contribution in [1.82, 2.24) is 0 Å². The van der Waals surface area contributed by atoms with Crippen LogP contribution in [-0.2, 0) is 14.3 Å². The Bertz CT molecular complexity index is 491. The van der Waals surface area contributed by atoms with Crippen LogP contribution in [0.1, 0.15) is 20.3 Å². The van der Waals surface area contributed by atoms with Crippen LogP contribution in [0.4, 0.5) is 0 Å². The van der Waals surface area contributed by atoms with Gasteiger partial charge in [-0.05, 0) is 32.4 Å². The topological polar surface area (TPSA) is 43.4 Å². The number of benzene rings is 1. The molecule has 0 saturated heterocycles. The number of hydrogen-bond acceptors (Lipinski definition) is 3. The summed E-state index contributed by atoms with van der Waals surface area (Å²) in [6.07, 6.45) is -0.727. The van der Waals surface area contributed by atoms with Crippen LogP contribution in [0.2, 0.25) is 0 Å². The Kier molecular flexibility index (Phi) is 3.74. The molecule has 0 heterocycles. The quantitative estimate of drug-likeness (QED) is 0.588. The standard InChI is InChI=1S/C12H16O3S/c1-10(2)8-9-15-16(13,14)12-6-4-11(3)5-7-12/h4-7H,1,8-9H2,2-3H3/i8D/t8-/m1/s1. The van der Waals surface area contributed by atoms with Crippen molar-refractivity contribution in [2.45, 2.75) is 25.1 Å². The number of hydrogen-bond donors (Lipinski definition) is 0. The van der Waals surface area contributed by atoms with Gasteiger partial charge < -0.3 is 0 Å². The summed E-state index contributed by atoms with van der Waals surface area (Å²) in [4.78, 5) is 0.108. The van der Waals surface area contributed by atoms with E-state index in [1.165, 1.54) is 12.1 Å². The molecule has 0 aliphatic carbocycles. The van der Waals surface area contributed by atoms with Gasteiger partial charge in [0.15, 0.2) is 0 Å². The molecule has 1 rings (SSSR count). The van der Waals surface area contributed by atoms with Gasteiger partial charge >= 0.3 is 0 Å². The zero-order valence-electron chi connectivity index (χ0n) is 10.4. The summed E-state index contributed by atoms with van der Waals surface area (Å²) in [6, 6.07) is 6.38. The molecule has 1 aromatic rings. The molecule has 0 spiro atoms. The summed E-state index contributed by atoms with van der Waals surface area (Å²) in [5.74, 6) is 0. The first-order valence-electron chi connectivity index (χ1n) is 5.44. The third-order valence-corrected chi connectivity index (χ3v) is 3.26. The highest BCUT2D eigenvalue weighted by atomic mass is 32.2. The summed E-state index contributed by atoms with van der Waals surface area (Å²) in [6.45, 7) is 6.91. The van der Waals surface area contributed by atoms with E-state index in [0.29, 0.717) is 5.57 Å². The second-order valence-corrected chi connectivity index (χ2v) is 5.22. The molecule has 0 radical (unpaired) electrons. The SMILES string of the molecule is [2H][C@H](COS(=O)(=O)c1ccc(C)cc1)C(=C)C. The first kappa shape index (κ1) is 11.4. The minimum atomic E-state index is -3.77. The fraction of sp³-hybridized carbons (Fsp3) is 0.333. The molecule has 0 amide bonds. The summed E-state index contributed by atoms with van der Waals surface area (Å²) in [7, 11) is -3.77. The molecule has 0 fully saturated rings. The van der Waals surface area contributed by atoms with Crippen LogP contribution in [0.25, 0.3) is 0 Å². The molecular weight excluding hydrogens is 224 g/mol. The third-order valence-electron chi connectivity index (χ3n) is 1.96. The van der Waals surface area contributed by atoms with E-state index in [4.69, 9.17) is 5.55 Å². The molecule has 0 bridgehead atoms. The van der Waals surface area contributed by atoms with Gasteiger partial charge in [0, 0.05) is 1.37 Å². The van der Waals surface area contributed by atoms with Crippen molar-refractivity contribution in [2.75, 3.05) is 6.61 Å². The van der Waals surface area contributed by atoms with Crippen LogP contribution >= 0.6 is 0 Å². The van der Waals surface area contributed by atoms with Crippen LogP contribution in [0.5, 0.6) is 0 Å². The predicted octanol–water partition coefficient (Wildman–Crippen LogP) is 2.67. The van der Waals surface area contributed by atoms with Crippen molar-refractivity contribution >= 4 is 10.1 Å². The van der Waals surface area contributed by atoms with Gasteiger partial charge in [0.2, 0.25) is 0 Å². The summed E-state index contributed by atoms with van der Waals surface area (Å²) in [5.41, 5.74) is 1.55. The van der Waals surface area contributed by atoms with Gasteiger partial charge in [0.25, 0.3) is 10.1 Å². The van der Waals surface area contributed by atoms with Crippen molar-refractivity contribution in [2.24, 2.45) is 0 Å². The molecule has 1 aromatic carbocycles. The normalized spacial score (nSPS) is 14.2. The van der Waals surface area contributed by atoms with E-state index in [0.717, 1.165) is 5.56 Å². The first-order chi connectivity index (χ1) is 7.83. The fourth-order valence-electron chi connectivity index (χ4n) is 1.04. The molecule has 0 aliphatic rings. The van der Waals surface area contributed by atoms with Crippen molar-refractivity contribution in [3.8, 4) is 0 Å². The lowest BCUT2D eigenvalue weighted by molar-refractivity contribution is 0.322. The van der Waals surface area contributed by atoms with E-state index in [2.05, 4.69) is 6.58 Å². The molecule has 88 valence electrons. The Labute approximate surface area is 98.3 Å². The first-order valence-corrected chi connectivity index (χ1v) is 6.27. The Morgan fingerprint density at radius 1 is 1.44 bits per heavy atom. The van der Waals surface area contributed by atoms with Crippen molar-refractivity contribution in [3.63, 3.8) is 0 Å². The van der Waals surface area contributed by atoms with Gasteiger partial charge in [-0.1, -0.05) is 23.3 Å².